The molecule has 1 aliphatic carbocycles. The zero-order valence-electron chi connectivity index (χ0n) is 11.8. The summed E-state index contributed by atoms with van der Waals surface area (Å²) < 4.78 is 0. The molecule has 0 bridgehead atoms. The van der Waals surface area contributed by atoms with E-state index in [0.717, 1.165) is 12.8 Å². The molecule has 1 aromatic rings. The fourth-order valence-electron chi connectivity index (χ4n) is 2.92. The molecule has 104 valence electrons. The van der Waals surface area contributed by atoms with Crippen LogP contribution in [-0.4, -0.2) is 29.0 Å². The minimum Gasteiger partial charge on any atom is -0.372 e. The Morgan fingerprint density at radius 2 is 1.89 bits per heavy atom. The second kappa shape index (κ2) is 5.99. The maximum atomic E-state index is 12.2. The van der Waals surface area contributed by atoms with E-state index in [-0.39, 0.29) is 11.9 Å². The third-order valence-corrected chi connectivity index (χ3v) is 3.64. The van der Waals surface area contributed by atoms with Gasteiger partial charge >= 0.3 is 0 Å². The molecule has 1 amide bonds. The zero-order valence-corrected chi connectivity index (χ0v) is 11.8. The molecule has 5 nitrogen and oxygen atoms in total. The first kappa shape index (κ1) is 13.8. The van der Waals surface area contributed by atoms with Gasteiger partial charge in [0.15, 0.2) is 0 Å². The fraction of sp³-hybridized carbons (Fsp3) is 0.643. The van der Waals surface area contributed by atoms with Crippen molar-refractivity contribution in [3.05, 3.63) is 18.1 Å². The Balaban J connectivity index is 2.00. The first-order valence-corrected chi connectivity index (χ1v) is 6.89. The van der Waals surface area contributed by atoms with E-state index in [9.17, 15) is 4.79 Å². The molecule has 5 heteroatoms. The lowest BCUT2D eigenvalue weighted by Crippen LogP contribution is -2.40. The van der Waals surface area contributed by atoms with Gasteiger partial charge in [-0.25, -0.2) is 4.98 Å². The van der Waals surface area contributed by atoms with E-state index in [2.05, 4.69) is 34.4 Å². The lowest BCUT2D eigenvalue weighted by atomic mass is 9.80. The normalized spacial score (nSPS) is 26.8. The summed E-state index contributed by atoms with van der Waals surface area (Å²) in [6, 6.07) is 0.256. The van der Waals surface area contributed by atoms with Crippen LogP contribution in [-0.2, 0) is 0 Å². The third-order valence-electron chi connectivity index (χ3n) is 3.64. The van der Waals surface area contributed by atoms with Crippen LogP contribution in [0.4, 0.5) is 5.82 Å². The van der Waals surface area contributed by atoms with Gasteiger partial charge in [0.25, 0.3) is 5.91 Å². The summed E-state index contributed by atoms with van der Waals surface area (Å²) in [6.45, 7) is 4.49. The summed E-state index contributed by atoms with van der Waals surface area (Å²) in [7, 11) is 1.76. The number of hydrogen-bond donors (Lipinski definition) is 2. The van der Waals surface area contributed by atoms with Crippen LogP contribution < -0.4 is 10.6 Å². The quantitative estimate of drug-likeness (QED) is 0.875. The van der Waals surface area contributed by atoms with E-state index >= 15 is 0 Å². The van der Waals surface area contributed by atoms with E-state index < -0.39 is 0 Å². The Labute approximate surface area is 114 Å². The number of hydrogen-bond acceptors (Lipinski definition) is 4. The van der Waals surface area contributed by atoms with Gasteiger partial charge in [0.2, 0.25) is 0 Å². The summed E-state index contributed by atoms with van der Waals surface area (Å²) in [5.41, 5.74) is 0.373. The lowest BCUT2D eigenvalue weighted by Gasteiger charge is -2.31. The monoisotopic (exact) mass is 262 g/mol. The van der Waals surface area contributed by atoms with Crippen molar-refractivity contribution in [2.75, 3.05) is 12.4 Å². The Morgan fingerprint density at radius 3 is 2.53 bits per heavy atom. The smallest absolute Gasteiger partial charge is 0.271 e. The number of anilines is 1. The van der Waals surface area contributed by atoms with Crippen molar-refractivity contribution in [3.8, 4) is 0 Å². The summed E-state index contributed by atoms with van der Waals surface area (Å²) in [5.74, 6) is 1.82. The molecule has 2 N–H and O–H groups in total. The topological polar surface area (TPSA) is 66.9 Å². The van der Waals surface area contributed by atoms with Crippen LogP contribution in [0.25, 0.3) is 0 Å². The van der Waals surface area contributed by atoms with Crippen molar-refractivity contribution >= 4 is 11.7 Å². The van der Waals surface area contributed by atoms with Crippen molar-refractivity contribution in [3.63, 3.8) is 0 Å². The Hall–Kier alpha value is -1.65. The second-order valence-electron chi connectivity index (χ2n) is 5.63. The molecule has 0 saturated heterocycles. The van der Waals surface area contributed by atoms with E-state index in [1.807, 2.05) is 0 Å². The Kier molecular flexibility index (Phi) is 4.35. The summed E-state index contributed by atoms with van der Waals surface area (Å²) >= 11 is 0. The van der Waals surface area contributed by atoms with E-state index in [1.54, 1.807) is 13.2 Å². The average Bonchev–Trinajstić information content (AvgIpc) is 2.37. The predicted octanol–water partition coefficient (Wildman–Crippen LogP) is 2.07. The van der Waals surface area contributed by atoms with Crippen molar-refractivity contribution in [2.24, 2.45) is 11.8 Å². The molecule has 1 aromatic heterocycles. The standard InChI is InChI=1S/C14H22N4O/c1-9-4-10(2)6-11(5-9)17-14(19)12-7-16-8-13(15-3)18-12/h7-11H,4-6H2,1-3H3,(H,15,18)(H,17,19). The van der Waals surface area contributed by atoms with Crippen LogP contribution in [0.15, 0.2) is 12.4 Å². The molecule has 0 aliphatic heterocycles. The largest absolute Gasteiger partial charge is 0.372 e. The molecule has 1 aliphatic rings. The molecule has 1 saturated carbocycles. The van der Waals surface area contributed by atoms with E-state index in [4.69, 9.17) is 0 Å². The average molecular weight is 262 g/mol. The van der Waals surface area contributed by atoms with Gasteiger partial charge in [-0.15, -0.1) is 0 Å². The summed E-state index contributed by atoms with van der Waals surface area (Å²) in [4.78, 5) is 20.4. The number of rotatable bonds is 3. The highest BCUT2D eigenvalue weighted by Crippen LogP contribution is 2.28. The van der Waals surface area contributed by atoms with Crippen molar-refractivity contribution < 1.29 is 4.79 Å². The highest BCUT2D eigenvalue weighted by Gasteiger charge is 2.25. The second-order valence-corrected chi connectivity index (χ2v) is 5.63. The van der Waals surface area contributed by atoms with Gasteiger partial charge in [-0.1, -0.05) is 13.8 Å². The molecule has 1 fully saturated rings. The molecule has 0 radical (unpaired) electrons. The number of carbonyl (C=O) groups is 1. The third kappa shape index (κ3) is 3.66. The number of nitrogens with zero attached hydrogens (tertiary/aromatic N) is 2. The van der Waals surface area contributed by atoms with E-state index in [1.165, 1.54) is 12.6 Å². The van der Waals surface area contributed by atoms with Gasteiger partial charge in [0, 0.05) is 13.1 Å². The number of amides is 1. The molecule has 2 rings (SSSR count). The summed E-state index contributed by atoms with van der Waals surface area (Å²) in [5, 5.41) is 5.96. The SMILES string of the molecule is CNc1cncc(C(=O)NC2CC(C)CC(C)C2)n1. The van der Waals surface area contributed by atoms with Crippen LogP contribution >= 0.6 is 0 Å². The Morgan fingerprint density at radius 1 is 1.21 bits per heavy atom. The Bertz CT molecular complexity index is 439. The van der Waals surface area contributed by atoms with Crippen molar-refractivity contribution in [2.45, 2.75) is 39.2 Å². The van der Waals surface area contributed by atoms with Crippen LogP contribution in [0, 0.1) is 11.8 Å². The molecular formula is C14H22N4O. The predicted molar refractivity (Wildman–Crippen MR) is 75.0 cm³/mol. The number of carbonyl (C=O) groups excluding carboxylic acids is 1. The molecular weight excluding hydrogens is 240 g/mol. The van der Waals surface area contributed by atoms with Gasteiger partial charge < -0.3 is 10.6 Å². The fourth-order valence-corrected chi connectivity index (χ4v) is 2.92. The van der Waals surface area contributed by atoms with Crippen molar-refractivity contribution in [1.82, 2.24) is 15.3 Å². The molecule has 0 spiro atoms. The molecule has 2 unspecified atom stereocenters. The van der Waals surface area contributed by atoms with Gasteiger partial charge in [-0.3, -0.25) is 9.78 Å². The highest BCUT2D eigenvalue weighted by molar-refractivity contribution is 5.92. The molecule has 2 atom stereocenters. The van der Waals surface area contributed by atoms with Crippen LogP contribution in [0.5, 0.6) is 0 Å². The minimum atomic E-state index is -0.129. The maximum absolute atomic E-state index is 12.2. The summed E-state index contributed by atoms with van der Waals surface area (Å²) in [6.07, 6.45) is 6.46. The van der Waals surface area contributed by atoms with Gasteiger partial charge in [0.05, 0.1) is 12.4 Å². The number of aromatic nitrogens is 2. The maximum Gasteiger partial charge on any atom is 0.271 e. The first-order chi connectivity index (χ1) is 9.08. The van der Waals surface area contributed by atoms with Gasteiger partial charge in [-0.05, 0) is 31.1 Å². The van der Waals surface area contributed by atoms with Crippen molar-refractivity contribution in [1.29, 1.82) is 0 Å². The van der Waals surface area contributed by atoms with Gasteiger partial charge in [0.1, 0.15) is 11.5 Å². The first-order valence-electron chi connectivity index (χ1n) is 6.89. The van der Waals surface area contributed by atoms with Gasteiger partial charge in [-0.2, -0.15) is 0 Å². The van der Waals surface area contributed by atoms with Crippen LogP contribution in [0.2, 0.25) is 0 Å². The number of nitrogens with one attached hydrogen (secondary N) is 2. The molecule has 1 heterocycles. The lowest BCUT2D eigenvalue weighted by molar-refractivity contribution is 0.0906. The van der Waals surface area contributed by atoms with Crippen LogP contribution in [0.3, 0.4) is 0 Å². The van der Waals surface area contributed by atoms with Crippen LogP contribution in [0.1, 0.15) is 43.6 Å². The van der Waals surface area contributed by atoms with E-state index in [0.29, 0.717) is 23.3 Å². The molecule has 0 aromatic carbocycles. The zero-order chi connectivity index (χ0) is 13.8. The highest BCUT2D eigenvalue weighted by atomic mass is 16.1. The minimum absolute atomic E-state index is 0.129. The molecule has 19 heavy (non-hydrogen) atoms.